The number of aromatic hydroxyl groups is 1. The highest BCUT2D eigenvalue weighted by molar-refractivity contribution is 7.99. The maximum Gasteiger partial charge on any atom is 0.303 e. The van der Waals surface area contributed by atoms with Crippen LogP contribution in [0, 0.1) is 0 Å². The molecule has 0 amide bonds. The number of phenols is 1. The molecule has 0 radical (unpaired) electrons. The van der Waals surface area contributed by atoms with Crippen molar-refractivity contribution in [1.29, 1.82) is 0 Å². The Morgan fingerprint density at radius 1 is 1.08 bits per heavy atom. The summed E-state index contributed by atoms with van der Waals surface area (Å²) in [4.78, 5) is 35.6. The van der Waals surface area contributed by atoms with Crippen LogP contribution >= 0.6 is 11.8 Å². The second kappa shape index (κ2) is 11.9. The van der Waals surface area contributed by atoms with Gasteiger partial charge in [0.1, 0.15) is 23.2 Å². The van der Waals surface area contributed by atoms with Crippen molar-refractivity contribution in [1.82, 2.24) is 0 Å². The molecule has 2 atom stereocenters. The molecule has 1 saturated carbocycles. The Kier molecular flexibility index (Phi) is 9.19. The first-order valence-electron chi connectivity index (χ1n) is 12.3. The number of carboxylic acids is 1. The lowest BCUT2D eigenvalue weighted by Gasteiger charge is -2.40. The van der Waals surface area contributed by atoms with Crippen LogP contribution in [0.1, 0.15) is 91.5 Å². The summed E-state index contributed by atoms with van der Waals surface area (Å²) in [6, 6.07) is 10.2. The highest BCUT2D eigenvalue weighted by Gasteiger charge is 2.41. The summed E-state index contributed by atoms with van der Waals surface area (Å²) in [7, 11) is 0. The number of ether oxygens (including phenoxy) is 1. The van der Waals surface area contributed by atoms with Crippen molar-refractivity contribution in [2.24, 2.45) is 0 Å². The number of hydrogen-bond acceptors (Lipinski definition) is 7. The van der Waals surface area contributed by atoms with Crippen LogP contribution in [0.15, 0.2) is 41.3 Å². The predicted molar refractivity (Wildman–Crippen MR) is 138 cm³/mol. The van der Waals surface area contributed by atoms with Crippen LogP contribution in [0.25, 0.3) is 0 Å². The number of phenolic OH excluding ortho intramolecular Hbond substituents is 1. The van der Waals surface area contributed by atoms with Gasteiger partial charge in [-0.2, -0.15) is 0 Å². The zero-order valence-electron chi connectivity index (χ0n) is 21.0. The van der Waals surface area contributed by atoms with E-state index in [1.165, 1.54) is 18.7 Å². The summed E-state index contributed by atoms with van der Waals surface area (Å²) >= 11 is 1.47. The normalized spacial score (nSPS) is 19.8. The van der Waals surface area contributed by atoms with E-state index in [1.807, 2.05) is 13.8 Å². The average Bonchev–Trinajstić information content (AvgIpc) is 2.82. The van der Waals surface area contributed by atoms with Gasteiger partial charge in [0, 0.05) is 28.2 Å². The van der Waals surface area contributed by atoms with Gasteiger partial charge in [-0.05, 0) is 56.4 Å². The molecule has 0 bridgehead atoms. The maximum atomic E-state index is 12.1. The van der Waals surface area contributed by atoms with Crippen LogP contribution in [0.3, 0.4) is 0 Å². The molecule has 1 aliphatic carbocycles. The third kappa shape index (κ3) is 6.68. The lowest BCUT2D eigenvalue weighted by atomic mass is 9.83. The van der Waals surface area contributed by atoms with E-state index in [4.69, 9.17) is 9.84 Å². The van der Waals surface area contributed by atoms with E-state index in [1.54, 1.807) is 36.4 Å². The number of carbonyl (C=O) groups is 3. The van der Waals surface area contributed by atoms with Crippen LogP contribution in [0.4, 0.5) is 0 Å². The van der Waals surface area contributed by atoms with Gasteiger partial charge in [0.25, 0.3) is 0 Å². The molecule has 2 aromatic rings. The molecular formula is C28H34O7S. The molecule has 194 valence electrons. The molecule has 7 nitrogen and oxygen atoms in total. The van der Waals surface area contributed by atoms with Crippen molar-refractivity contribution in [2.75, 3.05) is 5.75 Å². The van der Waals surface area contributed by atoms with Crippen LogP contribution < -0.4 is 4.74 Å². The molecule has 0 aliphatic heterocycles. The van der Waals surface area contributed by atoms with Gasteiger partial charge >= 0.3 is 5.97 Å². The van der Waals surface area contributed by atoms with Crippen molar-refractivity contribution in [3.63, 3.8) is 0 Å². The number of aliphatic carboxylic acids is 1. The van der Waals surface area contributed by atoms with Crippen LogP contribution in [-0.2, 0) is 4.79 Å². The lowest BCUT2D eigenvalue weighted by Crippen LogP contribution is -2.50. The van der Waals surface area contributed by atoms with Crippen molar-refractivity contribution >= 4 is 29.3 Å². The fourth-order valence-corrected chi connectivity index (χ4v) is 5.60. The Morgan fingerprint density at radius 3 is 2.39 bits per heavy atom. The van der Waals surface area contributed by atoms with E-state index >= 15 is 0 Å². The topological polar surface area (TPSA) is 121 Å². The molecule has 1 aliphatic rings. The molecular weight excluding hydrogens is 480 g/mol. The van der Waals surface area contributed by atoms with E-state index in [9.17, 15) is 24.6 Å². The second-order valence-corrected chi connectivity index (χ2v) is 10.7. The molecule has 3 rings (SSSR count). The molecule has 1 fully saturated rings. The molecule has 0 unspecified atom stereocenters. The number of thioether (sulfide) groups is 1. The van der Waals surface area contributed by atoms with Crippen LogP contribution in [-0.4, -0.2) is 50.3 Å². The molecule has 0 spiro atoms. The summed E-state index contributed by atoms with van der Waals surface area (Å²) in [5, 5.41) is 31.1. The molecule has 0 aromatic heterocycles. The van der Waals surface area contributed by atoms with Crippen molar-refractivity contribution in [3.05, 3.63) is 53.1 Å². The largest absolute Gasteiger partial charge is 0.507 e. The number of Topliss-reactive ketones (excluding diaryl/α,β-unsaturated/α-hetero) is 2. The second-order valence-electron chi connectivity index (χ2n) is 9.67. The van der Waals surface area contributed by atoms with Crippen molar-refractivity contribution < 1.29 is 34.4 Å². The number of aliphatic hydroxyl groups is 1. The number of carboxylic acid groups (broad SMARTS) is 1. The molecule has 2 aromatic carbocycles. The SMILES string of the molecule is CC(=O)c1ccc(O[C@H]2CCCC[C@]2(O)CSc2ccc(C(=O)CCC(=O)O)cc2)c(C(C)C)c1O. The molecule has 36 heavy (non-hydrogen) atoms. The van der Waals surface area contributed by atoms with Gasteiger partial charge in [-0.1, -0.05) is 32.4 Å². The number of hydrogen-bond donors (Lipinski definition) is 3. The summed E-state index contributed by atoms with van der Waals surface area (Å²) in [5.74, 6) is -0.720. The Hall–Kier alpha value is -2.84. The summed E-state index contributed by atoms with van der Waals surface area (Å²) < 4.78 is 6.34. The van der Waals surface area contributed by atoms with Crippen LogP contribution in [0.2, 0.25) is 0 Å². The summed E-state index contributed by atoms with van der Waals surface area (Å²) in [6.45, 7) is 5.25. The molecule has 0 saturated heterocycles. The van der Waals surface area contributed by atoms with E-state index in [2.05, 4.69) is 0 Å². The van der Waals surface area contributed by atoms with Gasteiger partial charge in [-0.15, -0.1) is 11.8 Å². The van der Waals surface area contributed by atoms with E-state index in [-0.39, 0.29) is 41.6 Å². The average molecular weight is 515 g/mol. The van der Waals surface area contributed by atoms with Gasteiger partial charge in [0.15, 0.2) is 11.6 Å². The third-order valence-electron chi connectivity index (χ3n) is 6.56. The zero-order valence-corrected chi connectivity index (χ0v) is 21.8. The lowest BCUT2D eigenvalue weighted by molar-refractivity contribution is -0.136. The van der Waals surface area contributed by atoms with E-state index in [0.717, 1.165) is 17.7 Å². The Bertz CT molecular complexity index is 1110. The van der Waals surface area contributed by atoms with Crippen molar-refractivity contribution in [3.8, 4) is 11.5 Å². The fraction of sp³-hybridized carbons (Fsp3) is 0.464. The predicted octanol–water partition coefficient (Wildman–Crippen LogP) is 5.61. The van der Waals surface area contributed by atoms with Crippen molar-refractivity contribution in [2.45, 2.75) is 81.8 Å². The highest BCUT2D eigenvalue weighted by Crippen LogP contribution is 2.41. The first kappa shape index (κ1) is 27.7. The Morgan fingerprint density at radius 2 is 1.78 bits per heavy atom. The zero-order chi connectivity index (χ0) is 26.5. The van der Waals surface area contributed by atoms with E-state index < -0.39 is 17.7 Å². The Balaban J connectivity index is 1.73. The summed E-state index contributed by atoms with van der Waals surface area (Å²) in [6.07, 6.45) is 2.32. The number of ketones is 2. The first-order chi connectivity index (χ1) is 17.0. The quantitative estimate of drug-likeness (QED) is 0.261. The minimum atomic E-state index is -1.10. The molecule has 3 N–H and O–H groups in total. The summed E-state index contributed by atoms with van der Waals surface area (Å²) in [5.41, 5.74) is 0.187. The minimum absolute atomic E-state index is 0.0398. The Labute approximate surface area is 215 Å². The van der Waals surface area contributed by atoms with Gasteiger partial charge < -0.3 is 20.1 Å². The maximum absolute atomic E-state index is 12.1. The monoisotopic (exact) mass is 514 g/mol. The standard InChI is InChI=1S/C28H34O7S/c1-17(2)26-23(13-11-21(18(3)29)27(26)33)35-24-6-4-5-15-28(24,34)16-36-20-9-7-19(8-10-20)22(30)12-14-25(31)32/h7-11,13,17,24,33-34H,4-6,12,14-16H2,1-3H3,(H,31,32)/t24-,28-/m0/s1. The number of benzene rings is 2. The number of rotatable bonds is 11. The highest BCUT2D eigenvalue weighted by atomic mass is 32.2. The third-order valence-corrected chi connectivity index (χ3v) is 7.81. The van der Waals surface area contributed by atoms with E-state index in [0.29, 0.717) is 35.5 Å². The minimum Gasteiger partial charge on any atom is -0.507 e. The van der Waals surface area contributed by atoms with Crippen LogP contribution in [0.5, 0.6) is 11.5 Å². The van der Waals surface area contributed by atoms with Gasteiger partial charge in [0.2, 0.25) is 0 Å². The molecule has 0 heterocycles. The number of carbonyl (C=O) groups excluding carboxylic acids is 2. The van der Waals surface area contributed by atoms with Gasteiger partial charge in [-0.3, -0.25) is 14.4 Å². The van der Waals surface area contributed by atoms with Gasteiger partial charge in [0.05, 0.1) is 12.0 Å². The first-order valence-corrected chi connectivity index (χ1v) is 13.2. The molecule has 8 heteroatoms. The smallest absolute Gasteiger partial charge is 0.303 e. The fourth-order valence-electron chi connectivity index (χ4n) is 4.52. The van der Waals surface area contributed by atoms with Gasteiger partial charge in [-0.25, -0.2) is 0 Å².